The van der Waals surface area contributed by atoms with Crippen molar-refractivity contribution in [1.82, 2.24) is 10.2 Å². The van der Waals surface area contributed by atoms with Crippen LogP contribution in [0, 0.1) is 0 Å². The Balaban J connectivity index is 4.61. The van der Waals surface area contributed by atoms with E-state index in [2.05, 4.69) is 17.5 Å². The quantitative estimate of drug-likeness (QED) is 0.377. The number of nitrogens with one attached hydrogen (secondary N) is 1. The molecule has 0 heterocycles. The second-order valence-electron chi connectivity index (χ2n) is 3.98. The largest absolute Gasteiger partial charge is 0.465 e. The van der Waals surface area contributed by atoms with Crippen LogP contribution in [0.25, 0.3) is 0 Å². The molecule has 108 valence electrons. The van der Waals surface area contributed by atoms with Crippen molar-refractivity contribution in [2.24, 2.45) is 5.73 Å². The summed E-state index contributed by atoms with van der Waals surface area (Å²) in [5.74, 6) is -2.24. The molecule has 0 unspecified atom stereocenters. The van der Waals surface area contributed by atoms with E-state index in [9.17, 15) is 14.4 Å². The Labute approximate surface area is 117 Å². The normalized spacial score (nSPS) is 9.89. The van der Waals surface area contributed by atoms with Gasteiger partial charge in [-0.1, -0.05) is 12.2 Å². The van der Waals surface area contributed by atoms with E-state index < -0.39 is 17.8 Å². The van der Waals surface area contributed by atoms with E-state index in [4.69, 9.17) is 10.5 Å². The first-order chi connectivity index (χ1) is 8.79. The first-order valence-electron chi connectivity index (χ1n) is 5.82. The van der Waals surface area contributed by atoms with E-state index in [0.29, 0.717) is 0 Å². The zero-order valence-electron chi connectivity index (χ0n) is 11.3. The van der Waals surface area contributed by atoms with Crippen LogP contribution >= 0.6 is 12.2 Å². The molecule has 0 fully saturated rings. The standard InChI is InChI=1S/C11H19N3O4S/c1-4-18-9(15)6-14(7(2)3)11(17)10(16)13-5-8(12)19/h7H,4-6H2,1-3H3,(H2,12,19)(H,13,16). The number of hydrogen-bond acceptors (Lipinski definition) is 5. The van der Waals surface area contributed by atoms with Crippen LogP contribution in [0.3, 0.4) is 0 Å². The SMILES string of the molecule is CCOC(=O)CN(C(=O)C(=O)NCC(N)=S)C(C)C. The van der Waals surface area contributed by atoms with Crippen molar-refractivity contribution in [2.45, 2.75) is 26.8 Å². The lowest BCUT2D eigenvalue weighted by molar-refractivity contribution is -0.153. The minimum absolute atomic E-state index is 0.0642. The number of ether oxygens (including phenoxy) is 1. The van der Waals surface area contributed by atoms with Crippen LogP contribution < -0.4 is 11.1 Å². The number of carbonyl (C=O) groups excluding carboxylic acids is 3. The maximum absolute atomic E-state index is 11.9. The van der Waals surface area contributed by atoms with Crippen molar-refractivity contribution in [3.05, 3.63) is 0 Å². The Morgan fingerprint density at radius 2 is 1.95 bits per heavy atom. The number of nitrogens with two attached hydrogens (primary N) is 1. The molecule has 3 N–H and O–H groups in total. The fourth-order valence-corrected chi connectivity index (χ4v) is 1.28. The summed E-state index contributed by atoms with van der Waals surface area (Å²) in [7, 11) is 0. The Kier molecular flexibility index (Phi) is 7.66. The van der Waals surface area contributed by atoms with E-state index in [1.54, 1.807) is 20.8 Å². The molecule has 0 saturated carbocycles. The van der Waals surface area contributed by atoms with Crippen molar-refractivity contribution in [1.29, 1.82) is 0 Å². The third-order valence-electron chi connectivity index (χ3n) is 2.11. The van der Waals surface area contributed by atoms with Gasteiger partial charge in [-0.2, -0.15) is 0 Å². The molecule has 0 aliphatic carbocycles. The van der Waals surface area contributed by atoms with Gasteiger partial charge in [-0.3, -0.25) is 14.4 Å². The molecule has 8 heteroatoms. The topological polar surface area (TPSA) is 102 Å². The van der Waals surface area contributed by atoms with Crippen LogP contribution in [0.5, 0.6) is 0 Å². The van der Waals surface area contributed by atoms with E-state index >= 15 is 0 Å². The number of esters is 1. The number of carbonyl (C=O) groups is 3. The number of rotatable bonds is 6. The highest BCUT2D eigenvalue weighted by Crippen LogP contribution is 2.00. The summed E-state index contributed by atoms with van der Waals surface area (Å²) in [6.45, 7) is 4.92. The summed E-state index contributed by atoms with van der Waals surface area (Å²) in [5, 5.41) is 2.27. The number of nitrogens with zero attached hydrogens (tertiary/aromatic N) is 1. The van der Waals surface area contributed by atoms with Crippen LogP contribution in [-0.4, -0.2) is 53.4 Å². The Morgan fingerprint density at radius 1 is 1.37 bits per heavy atom. The second-order valence-corrected chi connectivity index (χ2v) is 4.51. The second kappa shape index (κ2) is 8.41. The number of amides is 2. The van der Waals surface area contributed by atoms with Crippen LogP contribution in [0.4, 0.5) is 0 Å². The summed E-state index contributed by atoms with van der Waals surface area (Å²) in [6.07, 6.45) is 0. The van der Waals surface area contributed by atoms with E-state index in [1.807, 2.05) is 0 Å². The van der Waals surface area contributed by atoms with Gasteiger partial charge < -0.3 is 20.7 Å². The van der Waals surface area contributed by atoms with Gasteiger partial charge in [0.15, 0.2) is 0 Å². The van der Waals surface area contributed by atoms with Gasteiger partial charge in [0.1, 0.15) is 6.54 Å². The minimum Gasteiger partial charge on any atom is -0.465 e. The van der Waals surface area contributed by atoms with Crippen molar-refractivity contribution in [2.75, 3.05) is 19.7 Å². The molecule has 0 rings (SSSR count). The van der Waals surface area contributed by atoms with Crippen LogP contribution in [0.1, 0.15) is 20.8 Å². The molecule has 0 saturated heterocycles. The Bertz CT molecular complexity index is 371. The highest BCUT2D eigenvalue weighted by Gasteiger charge is 2.26. The summed E-state index contributed by atoms with van der Waals surface area (Å²) >= 11 is 4.59. The smallest absolute Gasteiger partial charge is 0.325 e. The number of thiocarbonyl (C=S) groups is 1. The third-order valence-corrected chi connectivity index (χ3v) is 2.25. The summed E-state index contributed by atoms with van der Waals surface area (Å²) in [5.41, 5.74) is 5.21. The lowest BCUT2D eigenvalue weighted by Crippen LogP contribution is -2.49. The van der Waals surface area contributed by atoms with Crippen LogP contribution in [0.2, 0.25) is 0 Å². The fraction of sp³-hybridized carbons (Fsp3) is 0.636. The van der Waals surface area contributed by atoms with E-state index in [1.165, 1.54) is 0 Å². The molecule has 0 bridgehead atoms. The van der Waals surface area contributed by atoms with Crippen molar-refractivity contribution in [3.8, 4) is 0 Å². The maximum Gasteiger partial charge on any atom is 0.325 e. The van der Waals surface area contributed by atoms with Crippen LogP contribution in [0.15, 0.2) is 0 Å². The first kappa shape index (κ1) is 17.3. The summed E-state index contributed by atoms with van der Waals surface area (Å²) in [6, 6.07) is -0.313. The molecule has 0 atom stereocenters. The molecule has 2 amide bonds. The van der Waals surface area contributed by atoms with Gasteiger partial charge in [-0.05, 0) is 20.8 Å². The van der Waals surface area contributed by atoms with Gasteiger partial charge in [-0.25, -0.2) is 0 Å². The average molecular weight is 289 g/mol. The highest BCUT2D eigenvalue weighted by molar-refractivity contribution is 7.80. The van der Waals surface area contributed by atoms with Gasteiger partial charge in [0, 0.05) is 6.04 Å². The third kappa shape index (κ3) is 6.70. The highest BCUT2D eigenvalue weighted by atomic mass is 32.1. The Morgan fingerprint density at radius 3 is 2.37 bits per heavy atom. The predicted octanol–water partition coefficient (Wildman–Crippen LogP) is -0.811. The maximum atomic E-state index is 11.9. The predicted molar refractivity (Wildman–Crippen MR) is 73.3 cm³/mol. The molecule has 0 aromatic heterocycles. The molecule has 0 radical (unpaired) electrons. The van der Waals surface area contributed by atoms with Crippen molar-refractivity contribution < 1.29 is 19.1 Å². The number of hydrogen-bond donors (Lipinski definition) is 2. The van der Waals surface area contributed by atoms with E-state index in [0.717, 1.165) is 4.90 Å². The van der Waals surface area contributed by atoms with Gasteiger partial charge in [0.2, 0.25) is 0 Å². The molecule has 0 aliphatic rings. The molecule has 0 spiro atoms. The molecule has 7 nitrogen and oxygen atoms in total. The van der Waals surface area contributed by atoms with Gasteiger partial charge in [0.05, 0.1) is 18.1 Å². The van der Waals surface area contributed by atoms with E-state index in [-0.39, 0.29) is 30.7 Å². The fourth-order valence-electron chi connectivity index (χ4n) is 1.21. The van der Waals surface area contributed by atoms with Gasteiger partial charge in [-0.15, -0.1) is 0 Å². The summed E-state index contributed by atoms with van der Waals surface area (Å²) < 4.78 is 4.75. The first-order valence-corrected chi connectivity index (χ1v) is 6.23. The molecule has 19 heavy (non-hydrogen) atoms. The lowest BCUT2D eigenvalue weighted by atomic mass is 10.3. The van der Waals surface area contributed by atoms with Gasteiger partial charge >= 0.3 is 17.8 Å². The molecule has 0 aliphatic heterocycles. The van der Waals surface area contributed by atoms with Gasteiger partial charge in [0.25, 0.3) is 0 Å². The van der Waals surface area contributed by atoms with Crippen molar-refractivity contribution >= 4 is 35.0 Å². The van der Waals surface area contributed by atoms with Crippen molar-refractivity contribution in [3.63, 3.8) is 0 Å². The summed E-state index contributed by atoms with van der Waals surface area (Å²) in [4.78, 5) is 36.0. The van der Waals surface area contributed by atoms with Crippen LogP contribution in [-0.2, 0) is 19.1 Å². The zero-order valence-corrected chi connectivity index (χ0v) is 12.1. The molecular weight excluding hydrogens is 270 g/mol. The minimum atomic E-state index is -0.856. The molecule has 0 aromatic carbocycles. The zero-order chi connectivity index (χ0) is 15.0. The average Bonchev–Trinajstić information content (AvgIpc) is 2.32. The molecular formula is C11H19N3O4S. The lowest BCUT2D eigenvalue weighted by Gasteiger charge is -2.24. The molecule has 0 aromatic rings. The monoisotopic (exact) mass is 289 g/mol. The Hall–Kier alpha value is -1.70.